The number of phenols is 1. The molecule has 9 nitrogen and oxygen atoms in total. The second kappa shape index (κ2) is 9.02. The van der Waals surface area contributed by atoms with Crippen LogP contribution in [-0.4, -0.2) is 35.3 Å². The van der Waals surface area contributed by atoms with Crippen molar-refractivity contribution in [2.45, 2.75) is 6.92 Å². The van der Waals surface area contributed by atoms with E-state index in [0.717, 1.165) is 23.7 Å². The van der Waals surface area contributed by atoms with Gasteiger partial charge in [-0.1, -0.05) is 0 Å². The van der Waals surface area contributed by atoms with Gasteiger partial charge in [-0.05, 0) is 37.3 Å². The zero-order valence-corrected chi connectivity index (χ0v) is 14.0. The molecule has 0 bridgehead atoms. The summed E-state index contributed by atoms with van der Waals surface area (Å²) in [7, 11) is 0. The maximum atomic E-state index is 11.8. The Balaban J connectivity index is 1.85. The number of phenolic OH excluding ortho intramolecular Hbond substituents is 1. The lowest BCUT2D eigenvalue weighted by atomic mass is 10.2. The Kier molecular flexibility index (Phi) is 6.49. The van der Waals surface area contributed by atoms with Crippen LogP contribution in [0.2, 0.25) is 0 Å². The zero-order valence-electron chi connectivity index (χ0n) is 14.0. The molecule has 0 aliphatic carbocycles. The summed E-state index contributed by atoms with van der Waals surface area (Å²) >= 11 is 0. The fourth-order valence-electron chi connectivity index (χ4n) is 1.99. The highest BCUT2D eigenvalue weighted by Gasteiger charge is 2.09. The molecule has 0 radical (unpaired) electrons. The molecule has 0 fully saturated rings. The van der Waals surface area contributed by atoms with Crippen LogP contribution in [0.4, 0.5) is 11.4 Å². The first-order valence-corrected chi connectivity index (χ1v) is 7.75. The van der Waals surface area contributed by atoms with E-state index in [2.05, 4.69) is 15.8 Å². The van der Waals surface area contributed by atoms with Crippen molar-refractivity contribution >= 4 is 23.5 Å². The van der Waals surface area contributed by atoms with Crippen LogP contribution in [0.1, 0.15) is 12.5 Å². The summed E-state index contributed by atoms with van der Waals surface area (Å²) in [5, 5.41) is 27.0. The third-order valence-electron chi connectivity index (χ3n) is 3.23. The largest absolute Gasteiger partial charge is 0.507 e. The first-order valence-electron chi connectivity index (χ1n) is 7.75. The number of non-ortho nitro benzene ring substituents is 1. The predicted molar refractivity (Wildman–Crippen MR) is 96.6 cm³/mol. The Hall–Kier alpha value is -3.62. The average Bonchev–Trinajstić information content (AvgIpc) is 2.63. The van der Waals surface area contributed by atoms with Gasteiger partial charge in [0, 0.05) is 23.4 Å². The number of rotatable bonds is 8. The SMILES string of the molecule is CCOc1ccc(NCC(=O)N/N=C\c2cc([N+](=O)[O-])ccc2O)cc1. The van der Waals surface area contributed by atoms with Crippen molar-refractivity contribution in [3.05, 3.63) is 58.1 Å². The summed E-state index contributed by atoms with van der Waals surface area (Å²) < 4.78 is 5.33. The maximum absolute atomic E-state index is 11.8. The van der Waals surface area contributed by atoms with Gasteiger partial charge in [-0.3, -0.25) is 14.9 Å². The van der Waals surface area contributed by atoms with E-state index in [4.69, 9.17) is 4.74 Å². The molecule has 0 heterocycles. The number of nitro groups is 1. The predicted octanol–water partition coefficient (Wildman–Crippen LogP) is 2.26. The van der Waals surface area contributed by atoms with Gasteiger partial charge in [-0.2, -0.15) is 5.10 Å². The smallest absolute Gasteiger partial charge is 0.270 e. The molecule has 2 aromatic carbocycles. The van der Waals surface area contributed by atoms with Crippen LogP contribution >= 0.6 is 0 Å². The van der Waals surface area contributed by atoms with Crippen LogP contribution in [0.5, 0.6) is 11.5 Å². The molecule has 0 saturated carbocycles. The lowest BCUT2D eigenvalue weighted by molar-refractivity contribution is -0.384. The van der Waals surface area contributed by atoms with Gasteiger partial charge in [0.15, 0.2) is 0 Å². The number of benzene rings is 2. The van der Waals surface area contributed by atoms with Crippen LogP contribution in [0, 0.1) is 10.1 Å². The molecular formula is C17H18N4O5. The Morgan fingerprint density at radius 3 is 2.69 bits per heavy atom. The van der Waals surface area contributed by atoms with Gasteiger partial charge >= 0.3 is 0 Å². The molecule has 9 heteroatoms. The molecule has 26 heavy (non-hydrogen) atoms. The van der Waals surface area contributed by atoms with Gasteiger partial charge < -0.3 is 15.2 Å². The first kappa shape index (κ1) is 18.7. The number of carbonyl (C=O) groups is 1. The number of carbonyl (C=O) groups excluding carboxylic acids is 1. The molecule has 2 aromatic rings. The molecule has 0 unspecified atom stereocenters. The fraction of sp³-hybridized carbons (Fsp3) is 0.176. The minimum absolute atomic E-state index is 0.0216. The summed E-state index contributed by atoms with van der Waals surface area (Å²) in [5.74, 6) is 0.144. The molecule has 0 aromatic heterocycles. The van der Waals surface area contributed by atoms with E-state index >= 15 is 0 Å². The molecule has 136 valence electrons. The summed E-state index contributed by atoms with van der Waals surface area (Å²) in [6.45, 7) is 2.45. The number of ether oxygens (including phenoxy) is 1. The number of anilines is 1. The number of hydrogen-bond donors (Lipinski definition) is 3. The maximum Gasteiger partial charge on any atom is 0.270 e. The van der Waals surface area contributed by atoms with Crippen LogP contribution < -0.4 is 15.5 Å². The van der Waals surface area contributed by atoms with Gasteiger partial charge in [0.25, 0.3) is 11.6 Å². The van der Waals surface area contributed by atoms with Crippen molar-refractivity contribution in [2.24, 2.45) is 5.10 Å². The van der Waals surface area contributed by atoms with Crippen LogP contribution in [-0.2, 0) is 4.79 Å². The Morgan fingerprint density at radius 1 is 1.31 bits per heavy atom. The van der Waals surface area contributed by atoms with Gasteiger partial charge in [0.1, 0.15) is 11.5 Å². The topological polar surface area (TPSA) is 126 Å². The Labute approximate surface area is 149 Å². The quantitative estimate of drug-likeness (QED) is 0.377. The monoisotopic (exact) mass is 358 g/mol. The highest BCUT2D eigenvalue weighted by Crippen LogP contribution is 2.21. The van der Waals surface area contributed by atoms with Gasteiger partial charge in [-0.25, -0.2) is 5.43 Å². The number of hydrazone groups is 1. The zero-order chi connectivity index (χ0) is 18.9. The number of aromatic hydroxyl groups is 1. The lowest BCUT2D eigenvalue weighted by Gasteiger charge is -2.07. The fourth-order valence-corrected chi connectivity index (χ4v) is 1.99. The van der Waals surface area contributed by atoms with E-state index in [-0.39, 0.29) is 23.5 Å². The number of hydrogen-bond acceptors (Lipinski definition) is 7. The highest BCUT2D eigenvalue weighted by molar-refractivity contribution is 5.86. The van der Waals surface area contributed by atoms with Crippen LogP contribution in [0.25, 0.3) is 0 Å². The van der Waals surface area contributed by atoms with E-state index in [9.17, 15) is 20.0 Å². The minimum atomic E-state index is -0.587. The molecule has 0 atom stereocenters. The standard InChI is InChI=1S/C17H18N4O5/c1-2-26-15-6-3-13(4-7-15)18-11-17(23)20-19-10-12-9-14(21(24)25)5-8-16(12)22/h3-10,18,22H,2,11H2,1H3,(H,20,23)/b19-10-. The van der Waals surface area contributed by atoms with Crippen molar-refractivity contribution in [2.75, 3.05) is 18.5 Å². The van der Waals surface area contributed by atoms with Gasteiger partial charge in [-0.15, -0.1) is 0 Å². The Morgan fingerprint density at radius 2 is 2.04 bits per heavy atom. The molecule has 0 aliphatic rings. The highest BCUT2D eigenvalue weighted by atomic mass is 16.6. The number of nitrogens with one attached hydrogen (secondary N) is 2. The normalized spacial score (nSPS) is 10.5. The molecule has 0 aliphatic heterocycles. The van der Waals surface area contributed by atoms with Gasteiger partial charge in [0.2, 0.25) is 0 Å². The number of amides is 1. The summed E-state index contributed by atoms with van der Waals surface area (Å²) in [5.41, 5.74) is 2.95. The first-order chi connectivity index (χ1) is 12.5. The van der Waals surface area contributed by atoms with Crippen molar-refractivity contribution in [3.8, 4) is 11.5 Å². The lowest BCUT2D eigenvalue weighted by Crippen LogP contribution is -2.25. The molecule has 0 saturated heterocycles. The van der Waals surface area contributed by atoms with Crippen molar-refractivity contribution in [1.29, 1.82) is 0 Å². The summed E-state index contributed by atoms with van der Waals surface area (Å²) in [4.78, 5) is 21.9. The molecule has 2 rings (SSSR count). The van der Waals surface area contributed by atoms with Crippen LogP contribution in [0.3, 0.4) is 0 Å². The number of nitrogens with zero attached hydrogens (tertiary/aromatic N) is 2. The van der Waals surface area contributed by atoms with Crippen molar-refractivity contribution in [1.82, 2.24) is 5.43 Å². The summed E-state index contributed by atoms with van der Waals surface area (Å²) in [6, 6.07) is 10.6. The molecule has 3 N–H and O–H groups in total. The van der Waals surface area contributed by atoms with Crippen molar-refractivity contribution in [3.63, 3.8) is 0 Å². The van der Waals surface area contributed by atoms with E-state index in [1.807, 2.05) is 6.92 Å². The van der Waals surface area contributed by atoms with Gasteiger partial charge in [0.05, 0.1) is 24.3 Å². The third kappa shape index (κ3) is 5.48. The molecule has 1 amide bonds. The Bertz CT molecular complexity index is 805. The van der Waals surface area contributed by atoms with E-state index in [1.54, 1.807) is 24.3 Å². The second-order valence-corrected chi connectivity index (χ2v) is 5.10. The number of nitro benzene ring substituents is 1. The van der Waals surface area contributed by atoms with Crippen molar-refractivity contribution < 1.29 is 19.6 Å². The van der Waals surface area contributed by atoms with E-state index < -0.39 is 10.8 Å². The third-order valence-corrected chi connectivity index (χ3v) is 3.23. The summed E-state index contributed by atoms with van der Waals surface area (Å²) in [6.07, 6.45) is 1.14. The van der Waals surface area contributed by atoms with E-state index in [1.165, 1.54) is 12.1 Å². The van der Waals surface area contributed by atoms with Crippen LogP contribution in [0.15, 0.2) is 47.6 Å². The minimum Gasteiger partial charge on any atom is -0.507 e. The average molecular weight is 358 g/mol. The molecule has 0 spiro atoms. The molecular weight excluding hydrogens is 340 g/mol. The van der Waals surface area contributed by atoms with E-state index in [0.29, 0.717) is 6.61 Å². The second-order valence-electron chi connectivity index (χ2n) is 5.10.